The number of phenols is 11. The van der Waals surface area contributed by atoms with Crippen LogP contribution in [0.2, 0.25) is 0 Å². The van der Waals surface area contributed by atoms with E-state index < -0.39 is 101 Å². The number of hydrogen-bond acceptors (Lipinski definition) is 13. The number of benzene rings is 7. The smallest absolute Gasteiger partial charge is 0.204 e. The molecule has 0 atom stereocenters. The summed E-state index contributed by atoms with van der Waals surface area (Å²) in [4.78, 5) is 9.50. The van der Waals surface area contributed by atoms with Gasteiger partial charge in [0.25, 0.3) is 0 Å². The molecular formula is C40H24N2O11. The summed E-state index contributed by atoms with van der Waals surface area (Å²) in [7, 11) is 0. The Kier molecular flexibility index (Phi) is 6.24. The van der Waals surface area contributed by atoms with E-state index >= 15 is 0 Å². The first-order valence-corrected chi connectivity index (χ1v) is 15.9. The van der Waals surface area contributed by atoms with E-state index in [1.807, 2.05) is 36.4 Å². The van der Waals surface area contributed by atoms with Crippen LogP contribution in [0.25, 0.3) is 87.3 Å². The lowest BCUT2D eigenvalue weighted by Crippen LogP contribution is -1.94. The van der Waals surface area contributed by atoms with Crippen LogP contribution in [-0.2, 0) is 0 Å². The van der Waals surface area contributed by atoms with Crippen molar-refractivity contribution in [2.45, 2.75) is 0 Å². The van der Waals surface area contributed by atoms with Gasteiger partial charge >= 0.3 is 0 Å². The van der Waals surface area contributed by atoms with Crippen molar-refractivity contribution in [1.29, 1.82) is 0 Å². The lowest BCUT2D eigenvalue weighted by Gasteiger charge is -2.21. The number of phenolic OH excluding ortho intramolecular Hbond substituents is 11. The van der Waals surface area contributed by atoms with E-state index in [4.69, 9.17) is 4.98 Å². The topological polar surface area (TPSA) is 248 Å². The Morgan fingerprint density at radius 3 is 1.32 bits per heavy atom. The predicted octanol–water partition coefficient (Wildman–Crippen LogP) is 7.49. The van der Waals surface area contributed by atoms with Crippen LogP contribution >= 0.6 is 0 Å². The van der Waals surface area contributed by atoms with E-state index in [2.05, 4.69) is 4.98 Å². The maximum absolute atomic E-state index is 12.1. The largest absolute Gasteiger partial charge is 0.506 e. The molecule has 0 aliphatic rings. The summed E-state index contributed by atoms with van der Waals surface area (Å²) in [5.74, 6) is -12.6. The predicted molar refractivity (Wildman–Crippen MR) is 196 cm³/mol. The first-order chi connectivity index (χ1) is 25.4. The zero-order chi connectivity index (χ0) is 37.2. The van der Waals surface area contributed by atoms with Crippen LogP contribution in [0.5, 0.6) is 63.2 Å². The highest BCUT2D eigenvalue weighted by atomic mass is 16.4. The van der Waals surface area contributed by atoms with E-state index in [0.29, 0.717) is 33.1 Å². The lowest BCUT2D eigenvalue weighted by molar-refractivity contribution is 0.349. The second kappa shape index (κ2) is 10.6. The number of nitrogens with zero attached hydrogens (tertiary/aromatic N) is 2. The minimum Gasteiger partial charge on any atom is -0.506 e. The Balaban J connectivity index is 1.41. The average Bonchev–Trinajstić information content (AvgIpc) is 3.18. The molecule has 9 rings (SSSR count). The fraction of sp³-hybridized carbons (Fsp3) is 0. The molecule has 0 aliphatic heterocycles. The molecule has 2 aromatic heterocycles. The van der Waals surface area contributed by atoms with Gasteiger partial charge in [-0.2, -0.15) is 0 Å². The van der Waals surface area contributed by atoms with Gasteiger partial charge in [-0.3, -0.25) is 4.98 Å². The van der Waals surface area contributed by atoms with E-state index in [0.717, 1.165) is 10.8 Å². The fourth-order valence-electron chi connectivity index (χ4n) is 7.44. The maximum atomic E-state index is 12.1. The molecule has 0 unspecified atom stereocenters. The number of hydrogen-bond donors (Lipinski definition) is 11. The molecule has 53 heavy (non-hydrogen) atoms. The molecule has 2 heterocycles. The number of aromatic nitrogens is 2. The van der Waals surface area contributed by atoms with Gasteiger partial charge in [-0.1, -0.05) is 60.7 Å². The SMILES string of the molecule is Oc1c(O)c(O)c2c(c1O)c1c(O)c(O)c(O)c(O)c1c1c(O)c(-c3ccc(-c4ccc5ccc6cccnc6c5n4)c4ccccc34)c(O)c(O)c21. The van der Waals surface area contributed by atoms with E-state index in [-0.39, 0.29) is 5.56 Å². The van der Waals surface area contributed by atoms with Gasteiger partial charge in [-0.05, 0) is 28.5 Å². The summed E-state index contributed by atoms with van der Waals surface area (Å²) in [6.07, 6.45) is 1.69. The molecule has 11 N–H and O–H groups in total. The van der Waals surface area contributed by atoms with Gasteiger partial charge in [0.15, 0.2) is 34.5 Å². The average molecular weight is 709 g/mol. The summed E-state index contributed by atoms with van der Waals surface area (Å²) < 4.78 is 0. The molecule has 0 saturated heterocycles. The number of fused-ring (bicyclic) bond motifs is 10. The van der Waals surface area contributed by atoms with Crippen LogP contribution < -0.4 is 0 Å². The third-order valence-electron chi connectivity index (χ3n) is 9.87. The summed E-state index contributed by atoms with van der Waals surface area (Å²) >= 11 is 0. The molecule has 13 nitrogen and oxygen atoms in total. The van der Waals surface area contributed by atoms with Gasteiger partial charge < -0.3 is 56.2 Å². The zero-order valence-electron chi connectivity index (χ0n) is 26.8. The molecule has 13 heteroatoms. The van der Waals surface area contributed by atoms with Crippen LogP contribution in [0.3, 0.4) is 0 Å². The molecule has 0 spiro atoms. The summed E-state index contributed by atoms with van der Waals surface area (Å²) in [6.45, 7) is 0. The summed E-state index contributed by atoms with van der Waals surface area (Å²) in [5, 5.41) is 120. The van der Waals surface area contributed by atoms with E-state index in [9.17, 15) is 56.2 Å². The number of aromatic hydroxyl groups is 11. The molecule has 7 aromatic carbocycles. The van der Waals surface area contributed by atoms with Crippen molar-refractivity contribution in [3.05, 3.63) is 79.0 Å². The second-order valence-electron chi connectivity index (χ2n) is 12.6. The van der Waals surface area contributed by atoms with Crippen molar-refractivity contribution in [2.24, 2.45) is 0 Å². The van der Waals surface area contributed by atoms with Gasteiger partial charge in [0.05, 0.1) is 22.3 Å². The van der Waals surface area contributed by atoms with E-state index in [1.54, 1.807) is 42.6 Å². The first-order valence-electron chi connectivity index (χ1n) is 15.9. The quantitative estimate of drug-likeness (QED) is 0.0474. The fourth-order valence-corrected chi connectivity index (χ4v) is 7.44. The molecule has 0 radical (unpaired) electrons. The molecular weight excluding hydrogens is 684 g/mol. The Labute approximate surface area is 295 Å². The summed E-state index contributed by atoms with van der Waals surface area (Å²) in [6, 6.07) is 21.7. The van der Waals surface area contributed by atoms with Crippen LogP contribution in [0.1, 0.15) is 0 Å². The highest BCUT2D eigenvalue weighted by Gasteiger charge is 2.34. The van der Waals surface area contributed by atoms with Crippen molar-refractivity contribution >= 4 is 64.9 Å². The highest BCUT2D eigenvalue weighted by Crippen LogP contribution is 2.63. The highest BCUT2D eigenvalue weighted by molar-refractivity contribution is 6.36. The van der Waals surface area contributed by atoms with E-state index in [1.165, 1.54) is 0 Å². The minimum absolute atomic E-state index is 0.157. The van der Waals surface area contributed by atoms with Crippen LogP contribution in [0.4, 0.5) is 0 Å². The molecule has 0 saturated carbocycles. The van der Waals surface area contributed by atoms with Crippen LogP contribution in [0.15, 0.2) is 79.0 Å². The standard InChI is InChI=1S/C40H24N2O11/c43-30-21(19-11-10-18(16-5-1-2-6-17(16)19)20-12-9-15-8-7-14-4-3-13-41-28(14)29(15)42-20)31(44)32(45)23-22(30)24-26(35(48)39(52)37(50)33(24)46)27-25(23)34(47)38(51)40(53)36(27)49/h1-13,43-53H. The lowest BCUT2D eigenvalue weighted by atomic mass is 9.86. The molecule has 0 amide bonds. The summed E-state index contributed by atoms with van der Waals surface area (Å²) in [5.41, 5.74) is 2.40. The van der Waals surface area contributed by atoms with Gasteiger partial charge in [-0.15, -0.1) is 0 Å². The van der Waals surface area contributed by atoms with Gasteiger partial charge in [0, 0.05) is 54.9 Å². The molecule has 9 aromatic rings. The second-order valence-corrected chi connectivity index (χ2v) is 12.6. The van der Waals surface area contributed by atoms with Gasteiger partial charge in [0.1, 0.15) is 5.75 Å². The third-order valence-corrected chi connectivity index (χ3v) is 9.87. The Bertz CT molecular complexity index is 3100. The maximum Gasteiger partial charge on any atom is 0.204 e. The number of rotatable bonds is 2. The zero-order valence-corrected chi connectivity index (χ0v) is 26.8. The van der Waals surface area contributed by atoms with Crippen LogP contribution in [-0.4, -0.2) is 66.1 Å². The Morgan fingerprint density at radius 2 is 0.774 bits per heavy atom. The molecule has 0 bridgehead atoms. The van der Waals surface area contributed by atoms with Crippen molar-refractivity contribution in [2.75, 3.05) is 0 Å². The molecule has 0 aliphatic carbocycles. The number of pyridine rings is 2. The monoisotopic (exact) mass is 708 g/mol. The van der Waals surface area contributed by atoms with Gasteiger partial charge in [-0.25, -0.2) is 4.98 Å². The first kappa shape index (κ1) is 31.2. The van der Waals surface area contributed by atoms with Crippen molar-refractivity contribution in [3.8, 4) is 85.6 Å². The Morgan fingerprint density at radius 1 is 0.340 bits per heavy atom. The van der Waals surface area contributed by atoms with Crippen LogP contribution in [0, 0.1) is 0 Å². The molecule has 0 fully saturated rings. The third kappa shape index (κ3) is 3.95. The van der Waals surface area contributed by atoms with Crippen molar-refractivity contribution in [3.63, 3.8) is 0 Å². The normalized spacial score (nSPS) is 11.8. The minimum atomic E-state index is -1.27. The van der Waals surface area contributed by atoms with Gasteiger partial charge in [0.2, 0.25) is 23.0 Å². The van der Waals surface area contributed by atoms with Crippen molar-refractivity contribution in [1.82, 2.24) is 9.97 Å². The van der Waals surface area contributed by atoms with Crippen molar-refractivity contribution < 1.29 is 56.2 Å². The molecule has 260 valence electrons. The Hall–Kier alpha value is -7.80.